The fourth-order valence-electron chi connectivity index (χ4n) is 2.09. The number of nitrogen functional groups attached to an aromatic ring is 1. The molecule has 0 atom stereocenters. The van der Waals surface area contributed by atoms with E-state index in [1.165, 1.54) is 0 Å². The second kappa shape index (κ2) is 4.94. The van der Waals surface area contributed by atoms with E-state index in [0.717, 1.165) is 31.9 Å². The molecular weight excluding hydrogens is 236 g/mol. The van der Waals surface area contributed by atoms with Gasteiger partial charge in [-0.2, -0.15) is 0 Å². The Morgan fingerprint density at radius 2 is 1.94 bits per heavy atom. The number of nitrogens with zero attached hydrogens (tertiary/aromatic N) is 2. The van der Waals surface area contributed by atoms with Gasteiger partial charge in [0.15, 0.2) is 0 Å². The van der Waals surface area contributed by atoms with Gasteiger partial charge in [-0.05, 0) is 19.2 Å². The largest absolute Gasteiger partial charge is 0.384 e. The first kappa shape index (κ1) is 12.2. The summed E-state index contributed by atoms with van der Waals surface area (Å²) in [6, 6.07) is 5.66. The number of nitrogens with one attached hydrogen (secondary N) is 1. The summed E-state index contributed by atoms with van der Waals surface area (Å²) in [7, 11) is 2.11. The summed E-state index contributed by atoms with van der Waals surface area (Å²) in [6.45, 7) is 3.92. The van der Waals surface area contributed by atoms with Crippen LogP contribution in [0.1, 0.15) is 5.56 Å². The molecule has 2 rings (SSSR count). The molecule has 1 aromatic carbocycles. The van der Waals surface area contributed by atoms with Crippen molar-refractivity contribution in [3.8, 4) is 0 Å². The molecule has 3 N–H and O–H groups in total. The van der Waals surface area contributed by atoms with Gasteiger partial charge in [0.05, 0.1) is 10.6 Å². The van der Waals surface area contributed by atoms with Gasteiger partial charge in [0.25, 0.3) is 0 Å². The lowest BCUT2D eigenvalue weighted by atomic mass is 10.1. The Hall–Kier alpha value is -1.26. The van der Waals surface area contributed by atoms with Crippen molar-refractivity contribution in [1.29, 1.82) is 5.41 Å². The van der Waals surface area contributed by atoms with Crippen LogP contribution in [0.5, 0.6) is 0 Å². The van der Waals surface area contributed by atoms with Crippen LogP contribution in [-0.2, 0) is 0 Å². The van der Waals surface area contributed by atoms with Gasteiger partial charge in [0.1, 0.15) is 5.84 Å². The van der Waals surface area contributed by atoms with Crippen molar-refractivity contribution in [1.82, 2.24) is 4.90 Å². The van der Waals surface area contributed by atoms with Crippen LogP contribution < -0.4 is 10.6 Å². The molecule has 92 valence electrons. The molecule has 0 aromatic heterocycles. The molecule has 0 aliphatic carbocycles. The zero-order chi connectivity index (χ0) is 12.4. The van der Waals surface area contributed by atoms with Crippen molar-refractivity contribution < 1.29 is 0 Å². The molecule has 1 heterocycles. The van der Waals surface area contributed by atoms with Gasteiger partial charge in [0.2, 0.25) is 0 Å². The maximum Gasteiger partial charge on any atom is 0.126 e. The van der Waals surface area contributed by atoms with Gasteiger partial charge in [-0.3, -0.25) is 5.41 Å². The number of hydrogen-bond acceptors (Lipinski definition) is 3. The van der Waals surface area contributed by atoms with Crippen molar-refractivity contribution in [3.05, 3.63) is 28.8 Å². The van der Waals surface area contributed by atoms with Crippen LogP contribution in [0.15, 0.2) is 18.2 Å². The summed E-state index contributed by atoms with van der Waals surface area (Å²) < 4.78 is 0. The highest BCUT2D eigenvalue weighted by molar-refractivity contribution is 6.34. The first-order valence-corrected chi connectivity index (χ1v) is 6.04. The highest BCUT2D eigenvalue weighted by Crippen LogP contribution is 2.27. The average Bonchev–Trinajstić information content (AvgIpc) is 2.29. The molecule has 1 saturated heterocycles. The van der Waals surface area contributed by atoms with Crippen LogP contribution >= 0.6 is 11.6 Å². The Labute approximate surface area is 106 Å². The average molecular weight is 253 g/mol. The fourth-order valence-corrected chi connectivity index (χ4v) is 2.36. The molecule has 0 spiro atoms. The molecular formula is C12H17ClN4. The molecule has 17 heavy (non-hydrogen) atoms. The predicted octanol–water partition coefficient (Wildman–Crippen LogP) is 1.38. The SMILES string of the molecule is CN1CCN(c2cccc(Cl)c2C(=N)N)CC1. The van der Waals surface area contributed by atoms with E-state index in [1.54, 1.807) is 6.07 Å². The van der Waals surface area contributed by atoms with Crippen molar-refractivity contribution in [2.45, 2.75) is 0 Å². The van der Waals surface area contributed by atoms with E-state index in [1.807, 2.05) is 12.1 Å². The molecule has 5 heteroatoms. The number of nitrogens with two attached hydrogens (primary N) is 1. The Bertz CT molecular complexity index is 425. The van der Waals surface area contributed by atoms with Gasteiger partial charge in [-0.1, -0.05) is 17.7 Å². The molecule has 1 aliphatic rings. The first-order valence-electron chi connectivity index (χ1n) is 5.66. The lowest BCUT2D eigenvalue weighted by molar-refractivity contribution is 0.313. The Morgan fingerprint density at radius 3 is 2.53 bits per heavy atom. The highest BCUT2D eigenvalue weighted by Gasteiger charge is 2.19. The van der Waals surface area contributed by atoms with Gasteiger partial charge in [-0.15, -0.1) is 0 Å². The maximum absolute atomic E-state index is 7.63. The Balaban J connectivity index is 2.32. The van der Waals surface area contributed by atoms with E-state index >= 15 is 0 Å². The summed E-state index contributed by atoms with van der Waals surface area (Å²) in [5.74, 6) is 0.0320. The minimum Gasteiger partial charge on any atom is -0.384 e. The third-order valence-corrected chi connectivity index (χ3v) is 3.42. The lowest BCUT2D eigenvalue weighted by Gasteiger charge is -2.35. The molecule has 0 bridgehead atoms. The second-order valence-corrected chi connectivity index (χ2v) is 4.75. The van der Waals surface area contributed by atoms with Crippen molar-refractivity contribution in [3.63, 3.8) is 0 Å². The van der Waals surface area contributed by atoms with E-state index in [2.05, 4.69) is 16.8 Å². The third kappa shape index (κ3) is 2.53. The lowest BCUT2D eigenvalue weighted by Crippen LogP contribution is -2.45. The number of hydrogen-bond donors (Lipinski definition) is 2. The van der Waals surface area contributed by atoms with Crippen molar-refractivity contribution in [2.24, 2.45) is 5.73 Å². The van der Waals surface area contributed by atoms with Crippen LogP contribution in [0.2, 0.25) is 5.02 Å². The van der Waals surface area contributed by atoms with Crippen molar-refractivity contribution in [2.75, 3.05) is 38.1 Å². The fraction of sp³-hybridized carbons (Fsp3) is 0.417. The number of likely N-dealkylation sites (N-methyl/N-ethyl adjacent to an activating group) is 1. The molecule has 0 unspecified atom stereocenters. The zero-order valence-corrected chi connectivity index (χ0v) is 10.7. The third-order valence-electron chi connectivity index (χ3n) is 3.10. The van der Waals surface area contributed by atoms with Crippen LogP contribution in [0.25, 0.3) is 0 Å². The predicted molar refractivity (Wildman–Crippen MR) is 72.2 cm³/mol. The van der Waals surface area contributed by atoms with Gasteiger partial charge in [-0.25, -0.2) is 0 Å². The molecule has 0 amide bonds. The monoisotopic (exact) mass is 252 g/mol. The minimum absolute atomic E-state index is 0.0320. The quantitative estimate of drug-likeness (QED) is 0.618. The molecule has 0 radical (unpaired) electrons. The second-order valence-electron chi connectivity index (χ2n) is 4.34. The molecule has 1 fully saturated rings. The molecule has 4 nitrogen and oxygen atoms in total. The molecule has 0 saturated carbocycles. The normalized spacial score (nSPS) is 17.2. The Morgan fingerprint density at radius 1 is 1.29 bits per heavy atom. The summed E-state index contributed by atoms with van der Waals surface area (Å²) >= 11 is 6.11. The summed E-state index contributed by atoms with van der Waals surface area (Å²) in [4.78, 5) is 4.52. The van der Waals surface area contributed by atoms with Crippen LogP contribution in [0.3, 0.4) is 0 Å². The van der Waals surface area contributed by atoms with Crippen LogP contribution in [-0.4, -0.2) is 44.0 Å². The maximum atomic E-state index is 7.63. The van der Waals surface area contributed by atoms with E-state index < -0.39 is 0 Å². The van der Waals surface area contributed by atoms with E-state index in [4.69, 9.17) is 22.7 Å². The van der Waals surface area contributed by atoms with Gasteiger partial charge in [0, 0.05) is 31.9 Å². The van der Waals surface area contributed by atoms with Gasteiger partial charge < -0.3 is 15.5 Å². The number of halogens is 1. The standard InChI is InChI=1S/C12H17ClN4/c1-16-5-7-17(8-6-16)10-4-2-3-9(13)11(10)12(14)15/h2-4H,5-8H2,1H3,(H3,14,15). The zero-order valence-electron chi connectivity index (χ0n) is 9.91. The number of piperazine rings is 1. The van der Waals surface area contributed by atoms with Crippen LogP contribution in [0.4, 0.5) is 5.69 Å². The molecule has 1 aromatic rings. The summed E-state index contributed by atoms with van der Waals surface area (Å²) in [6.07, 6.45) is 0. The molecule has 1 aliphatic heterocycles. The summed E-state index contributed by atoms with van der Waals surface area (Å²) in [5, 5.41) is 8.18. The van der Waals surface area contributed by atoms with Gasteiger partial charge >= 0.3 is 0 Å². The number of rotatable bonds is 2. The number of amidine groups is 1. The van der Waals surface area contributed by atoms with E-state index in [-0.39, 0.29) is 5.84 Å². The Kier molecular flexibility index (Phi) is 3.54. The summed E-state index contributed by atoms with van der Waals surface area (Å²) in [5.41, 5.74) is 7.23. The van der Waals surface area contributed by atoms with Crippen LogP contribution in [0, 0.1) is 5.41 Å². The van der Waals surface area contributed by atoms with Crippen molar-refractivity contribution >= 4 is 23.1 Å². The van der Waals surface area contributed by atoms with E-state index in [0.29, 0.717) is 10.6 Å². The highest BCUT2D eigenvalue weighted by atomic mass is 35.5. The first-order chi connectivity index (χ1) is 8.09. The number of benzene rings is 1. The smallest absolute Gasteiger partial charge is 0.126 e. The number of anilines is 1. The topological polar surface area (TPSA) is 56.4 Å². The minimum atomic E-state index is 0.0320. The van der Waals surface area contributed by atoms with E-state index in [9.17, 15) is 0 Å².